The Morgan fingerprint density at radius 1 is 1.08 bits per heavy atom. The fraction of sp³-hybridized carbons (Fsp3) is 0.214. The van der Waals surface area contributed by atoms with Gasteiger partial charge in [0.15, 0.2) is 5.75 Å². The average Bonchev–Trinajstić information content (AvgIpc) is 3.33. The zero-order valence-corrected chi connectivity index (χ0v) is 21.4. The number of thiophene rings is 1. The number of benzene rings is 2. The summed E-state index contributed by atoms with van der Waals surface area (Å²) in [5.41, 5.74) is 2.63. The maximum atomic E-state index is 12.6. The molecule has 2 N–H and O–H groups in total. The van der Waals surface area contributed by atoms with Crippen LogP contribution in [0.15, 0.2) is 79.6 Å². The lowest BCUT2D eigenvalue weighted by atomic mass is 10.2. The van der Waals surface area contributed by atoms with Gasteiger partial charge in [0.25, 0.3) is 6.43 Å². The van der Waals surface area contributed by atoms with Gasteiger partial charge in [0, 0.05) is 60.9 Å². The predicted octanol–water partition coefficient (Wildman–Crippen LogP) is 6.34. The van der Waals surface area contributed by atoms with Crippen molar-refractivity contribution in [3.05, 3.63) is 79.6 Å². The second kappa shape index (κ2) is 11.6. The molecule has 0 saturated carbocycles. The minimum absolute atomic E-state index is 0.158. The van der Waals surface area contributed by atoms with Crippen molar-refractivity contribution in [2.75, 3.05) is 48.3 Å². The van der Waals surface area contributed by atoms with E-state index in [1.54, 1.807) is 41.9 Å². The van der Waals surface area contributed by atoms with Gasteiger partial charge in [-0.25, -0.2) is 8.78 Å². The molecule has 1 aliphatic rings. The molecule has 3 heterocycles. The molecule has 2 aromatic carbocycles. The Morgan fingerprint density at radius 2 is 1.87 bits per heavy atom. The molecule has 1 aliphatic heterocycles. The first-order valence-electron chi connectivity index (χ1n) is 12.2. The highest BCUT2D eigenvalue weighted by Crippen LogP contribution is 2.38. The number of fused-ring (bicyclic) bond motifs is 1. The summed E-state index contributed by atoms with van der Waals surface area (Å²) in [5.74, 6) is 0.896. The van der Waals surface area contributed by atoms with Crippen LogP contribution in [0.4, 0.5) is 30.8 Å². The third-order valence-corrected chi connectivity index (χ3v) is 7.18. The number of nitrogens with zero attached hydrogens (tertiary/aromatic N) is 3. The smallest absolute Gasteiger partial charge is 0.251 e. The molecule has 10 heteroatoms. The van der Waals surface area contributed by atoms with Crippen molar-refractivity contribution in [3.8, 4) is 11.5 Å². The first kappa shape index (κ1) is 25.6. The minimum Gasteiger partial charge on any atom is -0.455 e. The van der Waals surface area contributed by atoms with Crippen molar-refractivity contribution in [3.63, 3.8) is 0 Å². The van der Waals surface area contributed by atoms with Crippen LogP contribution in [-0.2, 0) is 4.79 Å². The number of hydrogen-bond acceptors (Lipinski definition) is 7. The number of carbonyl (C=O) groups excluding carboxylic acids is 1. The van der Waals surface area contributed by atoms with Crippen LogP contribution < -0.4 is 20.3 Å². The number of ether oxygens (including phenoxy) is 1. The summed E-state index contributed by atoms with van der Waals surface area (Å²) in [6, 6.07) is 17.3. The molecule has 4 aromatic rings. The number of anilines is 4. The Kier molecular flexibility index (Phi) is 7.81. The number of piperazine rings is 1. The highest BCUT2D eigenvalue weighted by atomic mass is 32.1. The van der Waals surface area contributed by atoms with Crippen LogP contribution in [0.2, 0.25) is 0 Å². The molecule has 2 aromatic heterocycles. The molecule has 38 heavy (non-hydrogen) atoms. The Balaban J connectivity index is 1.25. The van der Waals surface area contributed by atoms with E-state index in [1.165, 1.54) is 6.08 Å². The summed E-state index contributed by atoms with van der Waals surface area (Å²) in [4.78, 5) is 20.0. The van der Waals surface area contributed by atoms with Crippen molar-refractivity contribution in [1.82, 2.24) is 9.88 Å². The van der Waals surface area contributed by atoms with Crippen LogP contribution in [0.1, 0.15) is 0 Å². The second-order valence-electron chi connectivity index (χ2n) is 8.83. The highest BCUT2D eigenvalue weighted by Gasteiger charge is 2.20. The Labute approximate surface area is 223 Å². The van der Waals surface area contributed by atoms with E-state index in [2.05, 4.69) is 27.1 Å². The van der Waals surface area contributed by atoms with Crippen LogP contribution in [0, 0.1) is 0 Å². The average molecular weight is 536 g/mol. The van der Waals surface area contributed by atoms with Crippen LogP contribution in [-0.4, -0.2) is 54.9 Å². The Hall–Kier alpha value is -4.02. The molecule has 196 valence electrons. The van der Waals surface area contributed by atoms with E-state index in [1.807, 2.05) is 41.3 Å². The van der Waals surface area contributed by atoms with Gasteiger partial charge >= 0.3 is 0 Å². The van der Waals surface area contributed by atoms with Crippen molar-refractivity contribution >= 4 is 49.4 Å². The van der Waals surface area contributed by atoms with Gasteiger partial charge in [-0.3, -0.25) is 14.7 Å². The maximum Gasteiger partial charge on any atom is 0.251 e. The lowest BCUT2D eigenvalue weighted by molar-refractivity contribution is -0.111. The number of alkyl halides is 2. The molecule has 1 amide bonds. The summed E-state index contributed by atoms with van der Waals surface area (Å²) in [7, 11) is 0. The largest absolute Gasteiger partial charge is 0.455 e. The molecule has 0 unspecified atom stereocenters. The molecule has 5 rings (SSSR count). The number of nitrogens with one attached hydrogen (secondary N) is 2. The highest BCUT2D eigenvalue weighted by molar-refractivity contribution is 7.22. The normalized spacial score (nSPS) is 14.0. The lowest BCUT2D eigenvalue weighted by Crippen LogP contribution is -2.47. The summed E-state index contributed by atoms with van der Waals surface area (Å²) < 4.78 is 32.3. The lowest BCUT2D eigenvalue weighted by Gasteiger charge is -2.36. The molecule has 1 fully saturated rings. The van der Waals surface area contributed by atoms with E-state index in [0.717, 1.165) is 39.6 Å². The van der Waals surface area contributed by atoms with Gasteiger partial charge in [0.1, 0.15) is 5.75 Å². The Morgan fingerprint density at radius 3 is 2.61 bits per heavy atom. The van der Waals surface area contributed by atoms with Gasteiger partial charge in [0.05, 0.1) is 22.4 Å². The van der Waals surface area contributed by atoms with Gasteiger partial charge in [-0.15, -0.1) is 11.3 Å². The molecule has 0 bridgehead atoms. The number of rotatable bonds is 9. The number of amides is 1. The first-order valence-corrected chi connectivity index (χ1v) is 13.0. The van der Waals surface area contributed by atoms with E-state index in [4.69, 9.17) is 4.74 Å². The third kappa shape index (κ3) is 6.27. The van der Waals surface area contributed by atoms with E-state index in [9.17, 15) is 13.6 Å². The van der Waals surface area contributed by atoms with Gasteiger partial charge < -0.3 is 20.3 Å². The molecule has 0 aliphatic carbocycles. The quantitative estimate of drug-likeness (QED) is 0.244. The fourth-order valence-electron chi connectivity index (χ4n) is 4.32. The van der Waals surface area contributed by atoms with Crippen LogP contribution in [0.3, 0.4) is 0 Å². The van der Waals surface area contributed by atoms with E-state index in [-0.39, 0.29) is 12.5 Å². The number of aromatic nitrogens is 1. The molecular weight excluding hydrogens is 508 g/mol. The van der Waals surface area contributed by atoms with Gasteiger partial charge in [-0.05, 0) is 48.5 Å². The number of halogens is 2. The molecule has 0 radical (unpaired) electrons. The van der Waals surface area contributed by atoms with Crippen molar-refractivity contribution < 1.29 is 18.3 Å². The standard InChI is InChI=1S/C28H27F2N5O2S/c1-2-27(36)32-20-4-3-5-22(14-20)37-24-16-31-17-25-23(24)15-28(38-25)33-19-6-8-21(9-7-19)35-12-10-34(11-13-35)18-26(29)30/h2-9,14-17,26,33H,1,10-13,18H2,(H,32,36). The van der Waals surface area contributed by atoms with E-state index in [0.29, 0.717) is 30.3 Å². The van der Waals surface area contributed by atoms with Crippen LogP contribution in [0.5, 0.6) is 11.5 Å². The number of pyridine rings is 1. The Bertz CT molecular complexity index is 1420. The molecular formula is C28H27F2N5O2S. The zero-order chi connectivity index (χ0) is 26.5. The van der Waals surface area contributed by atoms with Gasteiger partial charge in [0.2, 0.25) is 5.91 Å². The second-order valence-corrected chi connectivity index (χ2v) is 9.92. The van der Waals surface area contributed by atoms with E-state index < -0.39 is 6.43 Å². The van der Waals surface area contributed by atoms with Gasteiger partial charge in [-0.1, -0.05) is 12.6 Å². The SMILES string of the molecule is C=CC(=O)Nc1cccc(Oc2cncc3sc(Nc4ccc(N5CCN(CC(F)F)CC5)cc4)cc23)c1. The predicted molar refractivity (Wildman–Crippen MR) is 149 cm³/mol. The maximum absolute atomic E-state index is 12.6. The minimum atomic E-state index is -2.29. The monoisotopic (exact) mass is 535 g/mol. The summed E-state index contributed by atoms with van der Waals surface area (Å²) in [6.07, 6.45) is 2.40. The topological polar surface area (TPSA) is 69.7 Å². The van der Waals surface area contributed by atoms with Crippen LogP contribution in [0.25, 0.3) is 10.1 Å². The van der Waals surface area contributed by atoms with Crippen molar-refractivity contribution in [1.29, 1.82) is 0 Å². The molecule has 0 atom stereocenters. The van der Waals surface area contributed by atoms with Crippen molar-refractivity contribution in [2.24, 2.45) is 0 Å². The third-order valence-electron chi connectivity index (χ3n) is 6.19. The molecule has 1 saturated heterocycles. The number of carbonyl (C=O) groups is 1. The number of hydrogen-bond donors (Lipinski definition) is 2. The van der Waals surface area contributed by atoms with Crippen molar-refractivity contribution in [2.45, 2.75) is 6.43 Å². The summed E-state index contributed by atoms with van der Waals surface area (Å²) >= 11 is 1.57. The van der Waals surface area contributed by atoms with Gasteiger partial charge in [-0.2, -0.15) is 0 Å². The zero-order valence-electron chi connectivity index (χ0n) is 20.6. The molecule has 0 spiro atoms. The summed E-state index contributed by atoms with van der Waals surface area (Å²) in [6.45, 7) is 6.05. The van der Waals surface area contributed by atoms with E-state index >= 15 is 0 Å². The summed E-state index contributed by atoms with van der Waals surface area (Å²) in [5, 5.41) is 8.04. The molecule has 7 nitrogen and oxygen atoms in total. The first-order chi connectivity index (χ1) is 18.5. The fourth-order valence-corrected chi connectivity index (χ4v) is 5.28. The van der Waals surface area contributed by atoms with Crippen LogP contribution >= 0.6 is 11.3 Å².